The molecule has 1 amide bonds. The van der Waals surface area contributed by atoms with Crippen LogP contribution in [-0.2, 0) is 0 Å². The van der Waals surface area contributed by atoms with Gasteiger partial charge in [-0.15, -0.1) is 0 Å². The van der Waals surface area contributed by atoms with E-state index in [0.717, 1.165) is 31.0 Å². The number of aryl methyl sites for hydroxylation is 1. The van der Waals surface area contributed by atoms with E-state index in [9.17, 15) is 14.7 Å². The first-order chi connectivity index (χ1) is 13.4. The highest BCUT2D eigenvalue weighted by atomic mass is 79.9. The Morgan fingerprint density at radius 3 is 2.68 bits per heavy atom. The first-order valence-corrected chi connectivity index (χ1v) is 9.79. The quantitative estimate of drug-likeness (QED) is 0.487. The third-order valence-electron chi connectivity index (χ3n) is 3.96. The molecule has 7 nitrogen and oxygen atoms in total. The van der Waals surface area contributed by atoms with Crippen LogP contribution in [-0.4, -0.2) is 25.8 Å². The number of fused-ring (bicyclic) bond motifs is 1. The molecule has 0 aliphatic carbocycles. The molecule has 0 saturated heterocycles. The van der Waals surface area contributed by atoms with Crippen molar-refractivity contribution in [3.8, 4) is 11.4 Å². The fourth-order valence-corrected chi connectivity index (χ4v) is 3.84. The standard InChI is InChI=1S/C19H13BrN4O3S/c1-10-2-7-13-15(8-10)28-19(21-13)22-18(27)17-14(25)9-16(26)24(23-17)12-5-3-11(20)4-6-12/h2-9,25H,1H3,(H,21,22,27). The van der Waals surface area contributed by atoms with E-state index in [2.05, 4.69) is 31.3 Å². The molecule has 2 N–H and O–H groups in total. The number of amides is 1. The van der Waals surface area contributed by atoms with Gasteiger partial charge in [0.05, 0.1) is 15.9 Å². The smallest absolute Gasteiger partial charge is 0.281 e. The lowest BCUT2D eigenvalue weighted by atomic mass is 10.2. The molecular formula is C19H13BrN4O3S. The second-order valence-electron chi connectivity index (χ2n) is 6.05. The van der Waals surface area contributed by atoms with E-state index < -0.39 is 17.2 Å². The lowest BCUT2D eigenvalue weighted by molar-refractivity contribution is 0.101. The molecule has 0 spiro atoms. The van der Waals surface area contributed by atoms with Crippen LogP contribution in [0.15, 0.2) is 57.8 Å². The highest BCUT2D eigenvalue weighted by Crippen LogP contribution is 2.27. The summed E-state index contributed by atoms with van der Waals surface area (Å²) in [7, 11) is 0. The fraction of sp³-hybridized carbons (Fsp3) is 0.0526. The molecule has 0 bridgehead atoms. The van der Waals surface area contributed by atoms with Crippen molar-refractivity contribution < 1.29 is 9.90 Å². The number of hydrogen-bond donors (Lipinski definition) is 2. The van der Waals surface area contributed by atoms with Crippen LogP contribution < -0.4 is 10.9 Å². The minimum atomic E-state index is -0.654. The van der Waals surface area contributed by atoms with Gasteiger partial charge in [0, 0.05) is 10.5 Å². The van der Waals surface area contributed by atoms with Gasteiger partial charge in [0.2, 0.25) is 0 Å². The Morgan fingerprint density at radius 1 is 1.18 bits per heavy atom. The van der Waals surface area contributed by atoms with E-state index in [1.54, 1.807) is 24.3 Å². The number of thiazole rings is 1. The topological polar surface area (TPSA) is 97.1 Å². The van der Waals surface area contributed by atoms with E-state index in [1.807, 2.05) is 25.1 Å². The predicted octanol–water partition coefficient (Wildman–Crippen LogP) is 3.87. The molecule has 2 aromatic heterocycles. The third kappa shape index (κ3) is 3.54. The van der Waals surface area contributed by atoms with Gasteiger partial charge < -0.3 is 5.11 Å². The number of carbonyl (C=O) groups excluding carboxylic acids is 1. The number of aromatic nitrogens is 3. The van der Waals surface area contributed by atoms with Crippen molar-refractivity contribution in [3.05, 3.63) is 74.6 Å². The average Bonchev–Trinajstić information content (AvgIpc) is 3.04. The van der Waals surface area contributed by atoms with Gasteiger partial charge in [-0.3, -0.25) is 14.9 Å². The van der Waals surface area contributed by atoms with Crippen molar-refractivity contribution in [1.29, 1.82) is 0 Å². The maximum absolute atomic E-state index is 12.6. The van der Waals surface area contributed by atoms with Crippen LogP contribution >= 0.6 is 27.3 Å². The second-order valence-corrected chi connectivity index (χ2v) is 8.00. The lowest BCUT2D eigenvalue weighted by Gasteiger charge is -2.08. The molecule has 0 atom stereocenters. The largest absolute Gasteiger partial charge is 0.505 e. The SMILES string of the molecule is Cc1ccc2nc(NC(=O)c3nn(-c4ccc(Br)cc4)c(=O)cc3O)sc2c1. The number of hydrogen-bond acceptors (Lipinski definition) is 6. The third-order valence-corrected chi connectivity index (χ3v) is 5.42. The van der Waals surface area contributed by atoms with Crippen LogP contribution in [0.5, 0.6) is 5.75 Å². The highest BCUT2D eigenvalue weighted by molar-refractivity contribution is 9.10. The Hall–Kier alpha value is -3.04. The first-order valence-electron chi connectivity index (χ1n) is 8.18. The number of nitrogens with one attached hydrogen (secondary N) is 1. The molecule has 0 saturated carbocycles. The number of anilines is 1. The Balaban J connectivity index is 1.69. The maximum atomic E-state index is 12.6. The van der Waals surface area contributed by atoms with Gasteiger partial charge in [-0.2, -0.15) is 9.78 Å². The van der Waals surface area contributed by atoms with Crippen LogP contribution in [0.3, 0.4) is 0 Å². The molecule has 4 aromatic rings. The minimum absolute atomic E-state index is 0.266. The molecule has 9 heteroatoms. The molecule has 2 heterocycles. The van der Waals surface area contributed by atoms with E-state index in [0.29, 0.717) is 10.8 Å². The first kappa shape index (κ1) is 18.3. The summed E-state index contributed by atoms with van der Waals surface area (Å²) in [6.07, 6.45) is 0. The van der Waals surface area contributed by atoms with Crippen molar-refractivity contribution in [2.75, 3.05) is 5.32 Å². The molecule has 140 valence electrons. The number of halogens is 1. The fourth-order valence-electron chi connectivity index (χ4n) is 2.62. The van der Waals surface area contributed by atoms with E-state index in [4.69, 9.17) is 0 Å². The van der Waals surface area contributed by atoms with Gasteiger partial charge in [-0.1, -0.05) is 33.3 Å². The van der Waals surface area contributed by atoms with E-state index >= 15 is 0 Å². The van der Waals surface area contributed by atoms with Crippen molar-refractivity contribution in [2.24, 2.45) is 0 Å². The Kier molecular flexibility index (Phi) is 4.70. The Morgan fingerprint density at radius 2 is 1.93 bits per heavy atom. The normalized spacial score (nSPS) is 10.9. The van der Waals surface area contributed by atoms with Gasteiger partial charge in [0.15, 0.2) is 16.6 Å². The Bertz CT molecular complexity index is 1260. The molecular weight excluding hydrogens is 444 g/mol. The summed E-state index contributed by atoms with van der Waals surface area (Å²) in [6, 6.07) is 13.6. The van der Waals surface area contributed by atoms with Gasteiger partial charge >= 0.3 is 0 Å². The van der Waals surface area contributed by atoms with Crippen molar-refractivity contribution in [3.63, 3.8) is 0 Å². The molecule has 28 heavy (non-hydrogen) atoms. The zero-order valence-corrected chi connectivity index (χ0v) is 16.9. The molecule has 0 unspecified atom stereocenters. The summed E-state index contributed by atoms with van der Waals surface area (Å²) in [6.45, 7) is 1.98. The van der Waals surface area contributed by atoms with Crippen LogP contribution in [0, 0.1) is 6.92 Å². The number of benzene rings is 2. The summed E-state index contributed by atoms with van der Waals surface area (Å²) >= 11 is 4.64. The molecule has 0 aliphatic rings. The van der Waals surface area contributed by atoms with Gasteiger partial charge in [-0.05, 0) is 48.9 Å². The zero-order valence-electron chi connectivity index (χ0n) is 14.5. The van der Waals surface area contributed by atoms with E-state index in [-0.39, 0.29) is 5.69 Å². The summed E-state index contributed by atoms with van der Waals surface area (Å²) in [4.78, 5) is 29.2. The second kappa shape index (κ2) is 7.17. The molecule has 0 radical (unpaired) electrons. The van der Waals surface area contributed by atoms with Crippen LogP contribution in [0.2, 0.25) is 0 Å². The van der Waals surface area contributed by atoms with Crippen molar-refractivity contribution in [2.45, 2.75) is 6.92 Å². The van der Waals surface area contributed by atoms with Crippen molar-refractivity contribution >= 4 is 48.5 Å². The highest BCUT2D eigenvalue weighted by Gasteiger charge is 2.18. The summed E-state index contributed by atoms with van der Waals surface area (Å²) in [5.74, 6) is -1.15. The Labute approximate surface area is 171 Å². The number of aromatic hydroxyl groups is 1. The molecule has 4 rings (SSSR count). The zero-order chi connectivity index (χ0) is 19.8. The van der Waals surface area contributed by atoms with Crippen LogP contribution in [0.4, 0.5) is 5.13 Å². The number of nitrogens with zero attached hydrogens (tertiary/aromatic N) is 3. The van der Waals surface area contributed by atoms with E-state index in [1.165, 1.54) is 11.3 Å². The van der Waals surface area contributed by atoms with Crippen LogP contribution in [0.25, 0.3) is 15.9 Å². The molecule has 0 fully saturated rings. The summed E-state index contributed by atoms with van der Waals surface area (Å²) in [5, 5.41) is 17.1. The number of carbonyl (C=O) groups is 1. The number of rotatable bonds is 3. The molecule has 0 aliphatic heterocycles. The van der Waals surface area contributed by atoms with Gasteiger partial charge in [-0.25, -0.2) is 4.98 Å². The summed E-state index contributed by atoms with van der Waals surface area (Å²) < 4.78 is 2.84. The van der Waals surface area contributed by atoms with Gasteiger partial charge in [0.1, 0.15) is 0 Å². The van der Waals surface area contributed by atoms with Gasteiger partial charge in [0.25, 0.3) is 11.5 Å². The summed E-state index contributed by atoms with van der Waals surface area (Å²) in [5.41, 5.74) is 1.51. The lowest BCUT2D eigenvalue weighted by Crippen LogP contribution is -2.25. The minimum Gasteiger partial charge on any atom is -0.505 e. The monoisotopic (exact) mass is 456 g/mol. The van der Waals surface area contributed by atoms with Crippen molar-refractivity contribution in [1.82, 2.24) is 14.8 Å². The predicted molar refractivity (Wildman–Crippen MR) is 112 cm³/mol. The molecule has 2 aromatic carbocycles. The maximum Gasteiger partial charge on any atom is 0.281 e. The van der Waals surface area contributed by atoms with Crippen LogP contribution in [0.1, 0.15) is 16.1 Å². The average molecular weight is 457 g/mol.